The van der Waals surface area contributed by atoms with Gasteiger partial charge in [0.1, 0.15) is 0 Å². The Morgan fingerprint density at radius 3 is 2.25 bits per heavy atom. The molecule has 1 aliphatic heterocycles. The molecule has 1 saturated heterocycles. The van der Waals surface area contributed by atoms with Crippen LogP contribution in [-0.4, -0.2) is 31.8 Å². The second-order valence-electron chi connectivity index (χ2n) is 9.06. The first-order valence-corrected chi connectivity index (χ1v) is 13.7. The van der Waals surface area contributed by atoms with E-state index >= 15 is 0 Å². The highest BCUT2D eigenvalue weighted by molar-refractivity contribution is 7.89. The molecule has 1 fully saturated rings. The van der Waals surface area contributed by atoms with Crippen LogP contribution >= 0.6 is 0 Å². The van der Waals surface area contributed by atoms with Gasteiger partial charge in [0.15, 0.2) is 0 Å². The number of anilines is 1. The van der Waals surface area contributed by atoms with Crippen LogP contribution in [0.2, 0.25) is 0 Å². The molecule has 0 radical (unpaired) electrons. The molecule has 0 aliphatic carbocycles. The van der Waals surface area contributed by atoms with E-state index in [1.165, 1.54) is 15.1 Å². The highest BCUT2D eigenvalue weighted by Crippen LogP contribution is 2.25. The van der Waals surface area contributed by atoms with Gasteiger partial charge in [-0.05, 0) is 76.7 Å². The van der Waals surface area contributed by atoms with Crippen molar-refractivity contribution in [2.45, 2.75) is 30.7 Å². The number of carbonyl (C=O) groups is 1. The van der Waals surface area contributed by atoms with E-state index in [1.54, 1.807) is 24.3 Å². The fourth-order valence-corrected chi connectivity index (χ4v) is 6.07. The fraction of sp³-hybridized carbons (Fsp3) is 0.207. The Morgan fingerprint density at radius 1 is 0.750 bits per heavy atom. The molecular weight excluding hydrogens is 470 g/mol. The molecule has 0 atom stereocenters. The molecule has 7 heteroatoms. The SMILES string of the molecule is O=C(NCc1cccc(-c2ccc3ccccc3c2)c1)Nc1ccc(S(=O)(=O)N2CCCCC2)cc1. The van der Waals surface area contributed by atoms with Crippen LogP contribution in [-0.2, 0) is 16.6 Å². The first-order chi connectivity index (χ1) is 17.5. The van der Waals surface area contributed by atoms with Gasteiger partial charge in [-0.1, -0.05) is 61.0 Å². The van der Waals surface area contributed by atoms with E-state index in [0.717, 1.165) is 36.0 Å². The van der Waals surface area contributed by atoms with Crippen LogP contribution in [0, 0.1) is 0 Å². The van der Waals surface area contributed by atoms with Gasteiger partial charge in [-0.15, -0.1) is 0 Å². The third-order valence-corrected chi connectivity index (χ3v) is 8.44. The Bertz CT molecular complexity index is 1480. The summed E-state index contributed by atoms with van der Waals surface area (Å²) >= 11 is 0. The fourth-order valence-electron chi connectivity index (χ4n) is 4.55. The highest BCUT2D eigenvalue weighted by Gasteiger charge is 2.25. The molecule has 0 spiro atoms. The lowest BCUT2D eigenvalue weighted by molar-refractivity contribution is 0.251. The number of rotatable bonds is 6. The summed E-state index contributed by atoms with van der Waals surface area (Å²) in [5.41, 5.74) is 3.74. The molecule has 5 rings (SSSR count). The Hall–Kier alpha value is -3.68. The number of amides is 2. The summed E-state index contributed by atoms with van der Waals surface area (Å²) in [5, 5.41) is 8.04. The van der Waals surface area contributed by atoms with Crippen LogP contribution in [0.25, 0.3) is 21.9 Å². The van der Waals surface area contributed by atoms with Gasteiger partial charge < -0.3 is 10.6 Å². The van der Waals surface area contributed by atoms with Crippen LogP contribution in [0.4, 0.5) is 10.5 Å². The third kappa shape index (κ3) is 5.42. The molecule has 0 unspecified atom stereocenters. The highest BCUT2D eigenvalue weighted by atomic mass is 32.2. The van der Waals surface area contributed by atoms with Crippen LogP contribution in [0.5, 0.6) is 0 Å². The summed E-state index contributed by atoms with van der Waals surface area (Å²) < 4.78 is 27.1. The number of nitrogens with zero attached hydrogens (tertiary/aromatic N) is 1. The summed E-state index contributed by atoms with van der Waals surface area (Å²) in [6, 6.07) is 28.8. The maximum Gasteiger partial charge on any atom is 0.319 e. The van der Waals surface area contributed by atoms with Gasteiger partial charge in [-0.25, -0.2) is 13.2 Å². The number of sulfonamides is 1. The Labute approximate surface area is 212 Å². The van der Waals surface area contributed by atoms with Gasteiger partial charge >= 0.3 is 6.03 Å². The van der Waals surface area contributed by atoms with Gasteiger partial charge in [0, 0.05) is 25.3 Å². The number of hydrogen-bond acceptors (Lipinski definition) is 3. The zero-order valence-corrected chi connectivity index (χ0v) is 20.8. The van der Waals surface area contributed by atoms with Crippen LogP contribution in [0.15, 0.2) is 95.9 Å². The van der Waals surface area contributed by atoms with Crippen molar-refractivity contribution >= 4 is 32.5 Å². The summed E-state index contributed by atoms with van der Waals surface area (Å²) in [4.78, 5) is 12.7. The van der Waals surface area contributed by atoms with Crippen molar-refractivity contribution in [3.8, 4) is 11.1 Å². The van der Waals surface area contributed by atoms with Crippen molar-refractivity contribution < 1.29 is 13.2 Å². The summed E-state index contributed by atoms with van der Waals surface area (Å²) in [5.74, 6) is 0. The standard InChI is InChI=1S/C29H29N3O3S/c33-29(31-27-13-15-28(16-14-27)36(34,35)32-17-4-1-5-18-32)30-21-22-7-6-10-24(19-22)26-12-11-23-8-2-3-9-25(23)20-26/h2-3,6-16,19-20H,1,4-5,17-18,21H2,(H2,30,31,33). The lowest BCUT2D eigenvalue weighted by Gasteiger charge is -2.25. The molecule has 2 N–H and O–H groups in total. The number of benzene rings is 4. The minimum Gasteiger partial charge on any atom is -0.334 e. The number of carbonyl (C=O) groups excluding carboxylic acids is 1. The maximum absolute atomic E-state index is 12.8. The number of piperidine rings is 1. The molecule has 0 saturated carbocycles. The third-order valence-electron chi connectivity index (χ3n) is 6.53. The Kier molecular flexibility index (Phi) is 7.02. The Balaban J connectivity index is 1.20. The van der Waals surface area contributed by atoms with Gasteiger partial charge in [0.05, 0.1) is 4.90 Å². The lowest BCUT2D eigenvalue weighted by atomic mass is 10.00. The summed E-state index contributed by atoms with van der Waals surface area (Å²) in [6.07, 6.45) is 2.85. The molecular formula is C29H29N3O3S. The molecule has 0 aromatic heterocycles. The number of hydrogen-bond donors (Lipinski definition) is 2. The first kappa shape index (κ1) is 24.0. The van der Waals surface area contributed by atoms with Crippen molar-refractivity contribution in [3.63, 3.8) is 0 Å². The van der Waals surface area contributed by atoms with E-state index in [4.69, 9.17) is 0 Å². The van der Waals surface area contributed by atoms with E-state index in [0.29, 0.717) is 25.3 Å². The van der Waals surface area contributed by atoms with Gasteiger partial charge in [0.2, 0.25) is 10.0 Å². The summed E-state index contributed by atoms with van der Waals surface area (Å²) in [6.45, 7) is 1.49. The zero-order chi connectivity index (χ0) is 25.0. The van der Waals surface area contributed by atoms with Crippen molar-refractivity contribution in [1.29, 1.82) is 0 Å². The molecule has 36 heavy (non-hydrogen) atoms. The predicted molar refractivity (Wildman–Crippen MR) is 144 cm³/mol. The van der Waals surface area contributed by atoms with Crippen LogP contribution in [0.3, 0.4) is 0 Å². The molecule has 1 aliphatic rings. The minimum atomic E-state index is -3.49. The molecule has 2 amide bonds. The average molecular weight is 500 g/mol. The van der Waals surface area contributed by atoms with Crippen molar-refractivity contribution in [3.05, 3.63) is 96.6 Å². The van der Waals surface area contributed by atoms with E-state index in [-0.39, 0.29) is 10.9 Å². The van der Waals surface area contributed by atoms with Crippen molar-refractivity contribution in [2.75, 3.05) is 18.4 Å². The largest absolute Gasteiger partial charge is 0.334 e. The van der Waals surface area contributed by atoms with E-state index in [1.807, 2.05) is 24.3 Å². The molecule has 1 heterocycles. The normalized spacial score (nSPS) is 14.4. The lowest BCUT2D eigenvalue weighted by Crippen LogP contribution is -2.35. The quantitative estimate of drug-likeness (QED) is 0.341. The van der Waals surface area contributed by atoms with E-state index < -0.39 is 10.0 Å². The second-order valence-corrected chi connectivity index (χ2v) is 11.0. The maximum atomic E-state index is 12.8. The van der Waals surface area contributed by atoms with Crippen LogP contribution in [0.1, 0.15) is 24.8 Å². The molecule has 184 valence electrons. The number of nitrogens with one attached hydrogen (secondary N) is 2. The summed E-state index contributed by atoms with van der Waals surface area (Å²) in [7, 11) is -3.49. The molecule has 4 aromatic rings. The smallest absolute Gasteiger partial charge is 0.319 e. The molecule has 6 nitrogen and oxygen atoms in total. The van der Waals surface area contributed by atoms with Crippen molar-refractivity contribution in [1.82, 2.24) is 9.62 Å². The van der Waals surface area contributed by atoms with E-state index in [2.05, 4.69) is 53.1 Å². The predicted octanol–water partition coefficient (Wildman–Crippen LogP) is 6.00. The first-order valence-electron chi connectivity index (χ1n) is 12.2. The number of fused-ring (bicyclic) bond motifs is 1. The molecule has 4 aromatic carbocycles. The number of urea groups is 1. The van der Waals surface area contributed by atoms with Crippen LogP contribution < -0.4 is 10.6 Å². The average Bonchev–Trinajstić information content (AvgIpc) is 2.92. The van der Waals surface area contributed by atoms with Gasteiger partial charge in [-0.3, -0.25) is 0 Å². The minimum absolute atomic E-state index is 0.251. The Morgan fingerprint density at radius 2 is 1.47 bits per heavy atom. The second kappa shape index (κ2) is 10.5. The van der Waals surface area contributed by atoms with E-state index in [9.17, 15) is 13.2 Å². The van der Waals surface area contributed by atoms with Gasteiger partial charge in [0.25, 0.3) is 0 Å². The topological polar surface area (TPSA) is 78.5 Å². The molecule has 0 bridgehead atoms. The van der Waals surface area contributed by atoms with Crippen molar-refractivity contribution in [2.24, 2.45) is 0 Å². The van der Waals surface area contributed by atoms with Gasteiger partial charge in [-0.2, -0.15) is 4.31 Å². The monoisotopic (exact) mass is 499 g/mol. The zero-order valence-electron chi connectivity index (χ0n) is 20.0.